The van der Waals surface area contributed by atoms with Gasteiger partial charge in [0.2, 0.25) is 0 Å². The molecule has 4 heteroatoms. The van der Waals surface area contributed by atoms with Gasteiger partial charge in [0.25, 0.3) is 0 Å². The van der Waals surface area contributed by atoms with Crippen LogP contribution in [0.2, 0.25) is 5.15 Å². The standard InChI is InChI=1S/C16H18BrClN2/c1-11(2)8-14(12-6-4-3-5-7-12)20-15-9-13(17)10-19-16(15)18/h3-7,9-11,14,20H,8H2,1-2H3. The van der Waals surface area contributed by atoms with Gasteiger partial charge in [0.1, 0.15) is 0 Å². The normalized spacial score (nSPS) is 12.4. The summed E-state index contributed by atoms with van der Waals surface area (Å²) in [4.78, 5) is 4.16. The lowest BCUT2D eigenvalue weighted by Crippen LogP contribution is -2.13. The van der Waals surface area contributed by atoms with E-state index in [1.807, 2.05) is 12.1 Å². The summed E-state index contributed by atoms with van der Waals surface area (Å²) >= 11 is 9.60. The number of aromatic nitrogens is 1. The number of pyridine rings is 1. The highest BCUT2D eigenvalue weighted by Gasteiger charge is 2.15. The lowest BCUT2D eigenvalue weighted by molar-refractivity contribution is 0.531. The van der Waals surface area contributed by atoms with Crippen molar-refractivity contribution in [3.63, 3.8) is 0 Å². The fourth-order valence-corrected chi connectivity index (χ4v) is 2.64. The summed E-state index contributed by atoms with van der Waals surface area (Å²) in [5.41, 5.74) is 2.12. The quantitative estimate of drug-likeness (QED) is 0.698. The summed E-state index contributed by atoms with van der Waals surface area (Å²) in [7, 11) is 0. The van der Waals surface area contributed by atoms with Crippen LogP contribution in [0.5, 0.6) is 0 Å². The van der Waals surface area contributed by atoms with Crippen molar-refractivity contribution < 1.29 is 0 Å². The van der Waals surface area contributed by atoms with E-state index in [2.05, 4.69) is 64.3 Å². The van der Waals surface area contributed by atoms with E-state index in [-0.39, 0.29) is 6.04 Å². The molecule has 0 bridgehead atoms. The van der Waals surface area contributed by atoms with Gasteiger partial charge >= 0.3 is 0 Å². The molecule has 2 rings (SSSR count). The highest BCUT2D eigenvalue weighted by Crippen LogP contribution is 2.30. The molecule has 0 amide bonds. The van der Waals surface area contributed by atoms with Crippen molar-refractivity contribution in [3.05, 3.63) is 57.8 Å². The van der Waals surface area contributed by atoms with Crippen LogP contribution in [-0.2, 0) is 0 Å². The molecular formula is C16H18BrClN2. The predicted molar refractivity (Wildman–Crippen MR) is 89.2 cm³/mol. The second kappa shape index (κ2) is 7.09. The Kier molecular flexibility index (Phi) is 5.44. The average Bonchev–Trinajstić information content (AvgIpc) is 2.42. The lowest BCUT2D eigenvalue weighted by Gasteiger charge is -2.22. The fourth-order valence-electron chi connectivity index (χ4n) is 2.15. The first-order chi connectivity index (χ1) is 9.56. The van der Waals surface area contributed by atoms with Crippen molar-refractivity contribution in [1.29, 1.82) is 0 Å². The first-order valence-corrected chi connectivity index (χ1v) is 7.86. The summed E-state index contributed by atoms with van der Waals surface area (Å²) in [6.07, 6.45) is 2.74. The van der Waals surface area contributed by atoms with Crippen LogP contribution in [0.1, 0.15) is 31.9 Å². The molecule has 20 heavy (non-hydrogen) atoms. The van der Waals surface area contributed by atoms with E-state index in [1.165, 1.54) is 5.56 Å². The zero-order chi connectivity index (χ0) is 14.5. The third-order valence-corrected chi connectivity index (χ3v) is 3.78. The number of rotatable bonds is 5. The lowest BCUT2D eigenvalue weighted by atomic mass is 9.97. The van der Waals surface area contributed by atoms with Gasteiger partial charge in [-0.3, -0.25) is 0 Å². The molecule has 0 saturated carbocycles. The molecule has 0 radical (unpaired) electrons. The van der Waals surface area contributed by atoms with Gasteiger partial charge in [-0.2, -0.15) is 0 Å². The van der Waals surface area contributed by atoms with Crippen LogP contribution in [0, 0.1) is 5.92 Å². The second-order valence-corrected chi connectivity index (χ2v) is 6.50. The van der Waals surface area contributed by atoms with Gasteiger partial charge in [-0.25, -0.2) is 4.98 Å². The minimum atomic E-state index is 0.227. The van der Waals surface area contributed by atoms with E-state index in [1.54, 1.807) is 6.20 Å². The molecule has 106 valence electrons. The SMILES string of the molecule is CC(C)CC(Nc1cc(Br)cnc1Cl)c1ccccc1. The van der Waals surface area contributed by atoms with Crippen LogP contribution < -0.4 is 5.32 Å². The summed E-state index contributed by atoms with van der Waals surface area (Å²) in [6, 6.07) is 12.6. The molecule has 2 aromatic rings. The number of hydrogen-bond acceptors (Lipinski definition) is 2. The van der Waals surface area contributed by atoms with Crippen molar-refractivity contribution in [2.24, 2.45) is 5.92 Å². The first-order valence-electron chi connectivity index (χ1n) is 6.69. The van der Waals surface area contributed by atoms with Crippen LogP contribution in [0.4, 0.5) is 5.69 Å². The Morgan fingerprint density at radius 3 is 2.60 bits per heavy atom. The van der Waals surface area contributed by atoms with Gasteiger partial charge in [-0.1, -0.05) is 55.8 Å². The fraction of sp³-hybridized carbons (Fsp3) is 0.312. The minimum Gasteiger partial charge on any atom is -0.376 e. The number of halogens is 2. The monoisotopic (exact) mass is 352 g/mol. The average molecular weight is 354 g/mol. The maximum absolute atomic E-state index is 6.17. The first kappa shape index (κ1) is 15.3. The summed E-state index contributed by atoms with van der Waals surface area (Å²) in [6.45, 7) is 4.44. The van der Waals surface area contributed by atoms with Crippen LogP contribution in [0.3, 0.4) is 0 Å². The Balaban J connectivity index is 2.26. The molecule has 0 saturated heterocycles. The van der Waals surface area contributed by atoms with Crippen LogP contribution in [-0.4, -0.2) is 4.98 Å². The van der Waals surface area contributed by atoms with Gasteiger partial charge in [0.15, 0.2) is 5.15 Å². The highest BCUT2D eigenvalue weighted by atomic mass is 79.9. The molecule has 2 nitrogen and oxygen atoms in total. The molecule has 0 aliphatic heterocycles. The molecule has 0 spiro atoms. The van der Waals surface area contributed by atoms with Gasteiger partial charge < -0.3 is 5.32 Å². The number of anilines is 1. The van der Waals surface area contributed by atoms with Gasteiger partial charge in [-0.15, -0.1) is 0 Å². The Bertz CT molecular complexity index is 558. The third kappa shape index (κ3) is 4.22. The summed E-state index contributed by atoms with van der Waals surface area (Å²) in [5, 5.41) is 4.01. The van der Waals surface area contributed by atoms with Gasteiger partial charge in [0.05, 0.1) is 11.7 Å². The van der Waals surface area contributed by atoms with Crippen molar-refractivity contribution in [3.8, 4) is 0 Å². The highest BCUT2D eigenvalue weighted by molar-refractivity contribution is 9.10. The summed E-state index contributed by atoms with van der Waals surface area (Å²) in [5.74, 6) is 0.589. The Morgan fingerprint density at radius 2 is 1.95 bits per heavy atom. The zero-order valence-corrected chi connectivity index (χ0v) is 13.9. The van der Waals surface area contributed by atoms with Crippen LogP contribution in [0.25, 0.3) is 0 Å². The number of benzene rings is 1. The van der Waals surface area contributed by atoms with Crippen LogP contribution >= 0.6 is 27.5 Å². The maximum Gasteiger partial charge on any atom is 0.152 e. The predicted octanol–water partition coefficient (Wildman–Crippen LogP) is 5.70. The zero-order valence-electron chi connectivity index (χ0n) is 11.6. The van der Waals surface area contributed by atoms with Crippen molar-refractivity contribution >= 4 is 33.2 Å². The molecule has 0 aliphatic carbocycles. The van der Waals surface area contributed by atoms with Crippen molar-refractivity contribution in [2.75, 3.05) is 5.32 Å². The molecule has 1 aromatic heterocycles. The number of nitrogens with zero attached hydrogens (tertiary/aromatic N) is 1. The largest absolute Gasteiger partial charge is 0.376 e. The smallest absolute Gasteiger partial charge is 0.152 e. The molecule has 1 aromatic carbocycles. The maximum atomic E-state index is 6.17. The molecular weight excluding hydrogens is 336 g/mol. The molecule has 1 unspecified atom stereocenters. The Morgan fingerprint density at radius 1 is 1.25 bits per heavy atom. The number of nitrogens with one attached hydrogen (secondary N) is 1. The van der Waals surface area contributed by atoms with E-state index >= 15 is 0 Å². The van der Waals surface area contributed by atoms with E-state index in [4.69, 9.17) is 11.6 Å². The van der Waals surface area contributed by atoms with E-state index in [0.29, 0.717) is 11.1 Å². The van der Waals surface area contributed by atoms with E-state index in [0.717, 1.165) is 16.6 Å². The van der Waals surface area contributed by atoms with Crippen molar-refractivity contribution in [1.82, 2.24) is 4.98 Å². The molecule has 0 fully saturated rings. The topological polar surface area (TPSA) is 24.9 Å². The molecule has 0 aliphatic rings. The summed E-state index contributed by atoms with van der Waals surface area (Å²) < 4.78 is 0.917. The van der Waals surface area contributed by atoms with Crippen molar-refractivity contribution in [2.45, 2.75) is 26.3 Å². The number of hydrogen-bond donors (Lipinski definition) is 1. The van der Waals surface area contributed by atoms with E-state index in [9.17, 15) is 0 Å². The molecule has 1 atom stereocenters. The Hall–Kier alpha value is -1.06. The molecule has 1 heterocycles. The van der Waals surface area contributed by atoms with Gasteiger partial charge in [-0.05, 0) is 39.9 Å². The second-order valence-electron chi connectivity index (χ2n) is 5.23. The van der Waals surface area contributed by atoms with Gasteiger partial charge in [0, 0.05) is 10.7 Å². The third-order valence-electron chi connectivity index (χ3n) is 3.04. The molecule has 1 N–H and O–H groups in total. The minimum absolute atomic E-state index is 0.227. The van der Waals surface area contributed by atoms with E-state index < -0.39 is 0 Å². The Labute approximate surface area is 133 Å². The van der Waals surface area contributed by atoms with Crippen LogP contribution in [0.15, 0.2) is 47.1 Å².